The van der Waals surface area contributed by atoms with Crippen molar-refractivity contribution in [3.05, 3.63) is 35.4 Å². The van der Waals surface area contributed by atoms with Gasteiger partial charge in [-0.25, -0.2) is 13.2 Å². The van der Waals surface area contributed by atoms with Gasteiger partial charge in [0.15, 0.2) is 0 Å². The number of hydrogen-bond acceptors (Lipinski definition) is 1. The van der Waals surface area contributed by atoms with Crippen molar-refractivity contribution in [2.45, 2.75) is 38.9 Å². The second-order valence-corrected chi connectivity index (χ2v) is 5.53. The highest BCUT2D eigenvalue weighted by Crippen LogP contribution is 2.35. The van der Waals surface area contributed by atoms with Gasteiger partial charge in [-0.1, -0.05) is 6.07 Å². The molecule has 4 heteroatoms. The van der Waals surface area contributed by atoms with E-state index in [2.05, 4.69) is 18.7 Å². The van der Waals surface area contributed by atoms with Gasteiger partial charge in [0.25, 0.3) is 0 Å². The van der Waals surface area contributed by atoms with E-state index in [-0.39, 0.29) is 11.5 Å². The van der Waals surface area contributed by atoms with Crippen LogP contribution in [0.5, 0.6) is 0 Å². The van der Waals surface area contributed by atoms with Crippen LogP contribution in [0.25, 0.3) is 0 Å². The van der Waals surface area contributed by atoms with Gasteiger partial charge in [-0.15, -0.1) is 0 Å². The van der Waals surface area contributed by atoms with Gasteiger partial charge in [0, 0.05) is 17.7 Å². The summed E-state index contributed by atoms with van der Waals surface area (Å²) in [4.78, 5) is 2.30. The summed E-state index contributed by atoms with van der Waals surface area (Å²) in [6.45, 7) is 5.91. The number of rotatable bonds is 3. The lowest BCUT2D eigenvalue weighted by molar-refractivity contribution is 0.0995. The molecule has 19 heavy (non-hydrogen) atoms. The molecule has 0 spiro atoms. The van der Waals surface area contributed by atoms with E-state index in [1.54, 1.807) is 0 Å². The Labute approximate surface area is 112 Å². The van der Waals surface area contributed by atoms with Gasteiger partial charge in [0.05, 0.1) is 0 Å². The lowest BCUT2D eigenvalue weighted by atomic mass is 9.88. The highest BCUT2D eigenvalue weighted by Gasteiger charge is 2.29. The lowest BCUT2D eigenvalue weighted by Crippen LogP contribution is -2.39. The van der Waals surface area contributed by atoms with E-state index in [0.717, 1.165) is 38.1 Å². The third-order valence-corrected chi connectivity index (χ3v) is 3.98. The normalized spacial score (nSPS) is 19.9. The molecule has 2 rings (SSSR count). The minimum atomic E-state index is -1.34. The van der Waals surface area contributed by atoms with Crippen LogP contribution in [0.3, 0.4) is 0 Å². The summed E-state index contributed by atoms with van der Waals surface area (Å²) in [6, 6.07) is 3.56. The lowest BCUT2D eigenvalue weighted by Gasteiger charge is -2.35. The van der Waals surface area contributed by atoms with Gasteiger partial charge >= 0.3 is 0 Å². The average molecular weight is 271 g/mol. The standard InChI is InChI=1S/C15H20F3N/c1-10(2)19-7-5-11(6-8-19)15(18)13-4-3-12(16)9-14(13)17/h3-4,9-11,15H,5-8H2,1-2H3. The molecule has 0 N–H and O–H groups in total. The molecule has 1 atom stereocenters. The Morgan fingerprint density at radius 1 is 1.16 bits per heavy atom. The second kappa shape index (κ2) is 5.95. The Morgan fingerprint density at radius 2 is 1.79 bits per heavy atom. The van der Waals surface area contributed by atoms with Gasteiger partial charge < -0.3 is 4.90 Å². The zero-order chi connectivity index (χ0) is 14.0. The van der Waals surface area contributed by atoms with E-state index in [1.165, 1.54) is 6.07 Å². The van der Waals surface area contributed by atoms with Gasteiger partial charge in [0.1, 0.15) is 17.8 Å². The van der Waals surface area contributed by atoms with Crippen LogP contribution < -0.4 is 0 Å². The summed E-state index contributed by atoms with van der Waals surface area (Å²) >= 11 is 0. The topological polar surface area (TPSA) is 3.24 Å². The number of alkyl halides is 1. The first-order valence-corrected chi connectivity index (χ1v) is 6.82. The average Bonchev–Trinajstić information content (AvgIpc) is 2.38. The van der Waals surface area contributed by atoms with E-state index in [9.17, 15) is 13.2 Å². The summed E-state index contributed by atoms with van der Waals surface area (Å²) in [5.41, 5.74) is -0.00982. The number of piperidine rings is 1. The highest BCUT2D eigenvalue weighted by molar-refractivity contribution is 5.21. The van der Waals surface area contributed by atoms with Crippen molar-refractivity contribution in [1.29, 1.82) is 0 Å². The molecule has 0 saturated carbocycles. The number of halogens is 3. The molecule has 1 heterocycles. The van der Waals surface area contributed by atoms with Gasteiger partial charge in [-0.3, -0.25) is 0 Å². The number of nitrogens with zero attached hydrogens (tertiary/aromatic N) is 1. The van der Waals surface area contributed by atoms with Crippen molar-refractivity contribution in [3.8, 4) is 0 Å². The molecule has 0 bridgehead atoms. The Kier molecular flexibility index (Phi) is 4.50. The first-order valence-electron chi connectivity index (χ1n) is 6.82. The molecule has 1 aromatic carbocycles. The Bertz CT molecular complexity index is 425. The van der Waals surface area contributed by atoms with Crippen LogP contribution in [0, 0.1) is 17.6 Å². The molecule has 0 amide bonds. The Balaban J connectivity index is 2.03. The maximum Gasteiger partial charge on any atom is 0.132 e. The fraction of sp³-hybridized carbons (Fsp3) is 0.600. The van der Waals surface area contributed by atoms with Crippen LogP contribution >= 0.6 is 0 Å². The molecule has 1 saturated heterocycles. The predicted molar refractivity (Wildman–Crippen MR) is 69.6 cm³/mol. The largest absolute Gasteiger partial charge is 0.301 e. The number of hydrogen-bond donors (Lipinski definition) is 0. The van der Waals surface area contributed by atoms with E-state index in [0.29, 0.717) is 6.04 Å². The molecule has 1 unspecified atom stereocenters. The van der Waals surface area contributed by atoms with E-state index >= 15 is 0 Å². The monoisotopic (exact) mass is 271 g/mol. The first kappa shape index (κ1) is 14.4. The van der Waals surface area contributed by atoms with Crippen molar-refractivity contribution in [1.82, 2.24) is 4.90 Å². The molecule has 1 aliphatic heterocycles. The van der Waals surface area contributed by atoms with Crippen molar-refractivity contribution in [2.75, 3.05) is 13.1 Å². The minimum Gasteiger partial charge on any atom is -0.301 e. The van der Waals surface area contributed by atoms with Crippen molar-refractivity contribution in [3.63, 3.8) is 0 Å². The fourth-order valence-corrected chi connectivity index (χ4v) is 2.71. The minimum absolute atomic E-state index is 0.00982. The third-order valence-electron chi connectivity index (χ3n) is 3.98. The van der Waals surface area contributed by atoms with Crippen LogP contribution in [0.2, 0.25) is 0 Å². The molecular formula is C15H20F3N. The molecule has 1 nitrogen and oxygen atoms in total. The van der Waals surface area contributed by atoms with E-state index in [1.807, 2.05) is 0 Å². The van der Waals surface area contributed by atoms with Crippen LogP contribution in [-0.4, -0.2) is 24.0 Å². The van der Waals surface area contributed by atoms with Crippen LogP contribution in [0.1, 0.15) is 38.4 Å². The summed E-state index contributed by atoms with van der Waals surface area (Å²) in [5, 5.41) is 0. The Hall–Kier alpha value is -1.03. The van der Waals surface area contributed by atoms with Crippen LogP contribution in [0.4, 0.5) is 13.2 Å². The maximum absolute atomic E-state index is 14.4. The molecule has 1 fully saturated rings. The number of benzene rings is 1. The Morgan fingerprint density at radius 3 is 2.32 bits per heavy atom. The highest BCUT2D eigenvalue weighted by atomic mass is 19.1. The van der Waals surface area contributed by atoms with Crippen LogP contribution in [0.15, 0.2) is 18.2 Å². The molecule has 0 radical (unpaired) electrons. The van der Waals surface area contributed by atoms with Crippen molar-refractivity contribution < 1.29 is 13.2 Å². The zero-order valence-electron chi connectivity index (χ0n) is 11.4. The third kappa shape index (κ3) is 3.30. The smallest absolute Gasteiger partial charge is 0.132 e. The zero-order valence-corrected chi connectivity index (χ0v) is 11.4. The van der Waals surface area contributed by atoms with E-state index in [4.69, 9.17) is 0 Å². The van der Waals surface area contributed by atoms with Crippen molar-refractivity contribution >= 4 is 0 Å². The summed E-state index contributed by atoms with van der Waals surface area (Å²) in [6.07, 6.45) is 0.0988. The van der Waals surface area contributed by atoms with Gasteiger partial charge in [-0.2, -0.15) is 0 Å². The van der Waals surface area contributed by atoms with Gasteiger partial charge in [0.2, 0.25) is 0 Å². The molecule has 0 aliphatic carbocycles. The molecule has 1 aromatic rings. The SMILES string of the molecule is CC(C)N1CCC(C(F)c2ccc(F)cc2F)CC1. The second-order valence-electron chi connectivity index (χ2n) is 5.53. The molecule has 0 aromatic heterocycles. The molecule has 1 aliphatic rings. The van der Waals surface area contributed by atoms with Gasteiger partial charge in [-0.05, 0) is 51.8 Å². The van der Waals surface area contributed by atoms with Crippen molar-refractivity contribution in [2.24, 2.45) is 5.92 Å². The van der Waals surface area contributed by atoms with E-state index < -0.39 is 17.8 Å². The maximum atomic E-state index is 14.4. The first-order chi connectivity index (χ1) is 8.99. The summed E-state index contributed by atoms with van der Waals surface area (Å²) in [7, 11) is 0. The quantitative estimate of drug-likeness (QED) is 0.800. The molecular weight excluding hydrogens is 251 g/mol. The number of likely N-dealkylation sites (tertiary alicyclic amines) is 1. The fourth-order valence-electron chi connectivity index (χ4n) is 2.71. The summed E-state index contributed by atoms with van der Waals surface area (Å²) in [5.74, 6) is -1.61. The predicted octanol–water partition coefficient (Wildman–Crippen LogP) is 4.10. The molecule has 106 valence electrons. The van der Waals surface area contributed by atoms with Crippen LogP contribution in [-0.2, 0) is 0 Å². The summed E-state index contributed by atoms with van der Waals surface area (Å²) < 4.78 is 40.8.